The zero-order valence-corrected chi connectivity index (χ0v) is 11.6. The van der Waals surface area contributed by atoms with Crippen LogP contribution in [-0.4, -0.2) is 11.0 Å². The first-order valence-electron chi connectivity index (χ1n) is 6.46. The fourth-order valence-electron chi connectivity index (χ4n) is 2.03. The van der Waals surface area contributed by atoms with Gasteiger partial charge in [-0.3, -0.25) is 9.78 Å². The second kappa shape index (κ2) is 5.53. The van der Waals surface area contributed by atoms with Gasteiger partial charge < -0.3 is 4.74 Å². The summed E-state index contributed by atoms with van der Waals surface area (Å²) in [6.07, 6.45) is 0.811. The van der Waals surface area contributed by atoms with Crippen molar-refractivity contribution < 1.29 is 18.3 Å². The van der Waals surface area contributed by atoms with Crippen molar-refractivity contribution >= 4 is 16.9 Å². The number of pyridine rings is 1. The molecule has 5 heteroatoms. The summed E-state index contributed by atoms with van der Waals surface area (Å²) < 4.78 is 32.0. The summed E-state index contributed by atoms with van der Waals surface area (Å²) >= 11 is 0. The average Bonchev–Trinajstić information content (AvgIpc) is 2.43. The van der Waals surface area contributed by atoms with Crippen LogP contribution in [0.5, 0.6) is 5.75 Å². The molecule has 0 radical (unpaired) electrons. The van der Waals surface area contributed by atoms with Crippen LogP contribution in [0.4, 0.5) is 8.78 Å². The molecule has 20 heavy (non-hydrogen) atoms. The van der Waals surface area contributed by atoms with Crippen LogP contribution in [0.3, 0.4) is 0 Å². The fraction of sp³-hybridized carbons (Fsp3) is 0.333. The molecule has 0 aliphatic carbocycles. The predicted molar refractivity (Wildman–Crippen MR) is 71.7 cm³/mol. The Morgan fingerprint density at radius 2 is 1.90 bits per heavy atom. The van der Waals surface area contributed by atoms with E-state index in [1.807, 2.05) is 6.92 Å². The second-order valence-corrected chi connectivity index (χ2v) is 4.48. The SMILES string of the molecule is CCC(=O)Oc1c(C)c(CC)nc2cc(F)c(F)cc12. The van der Waals surface area contributed by atoms with Gasteiger partial charge in [-0.2, -0.15) is 0 Å². The highest BCUT2D eigenvalue weighted by Gasteiger charge is 2.17. The number of nitrogens with zero attached hydrogens (tertiary/aromatic N) is 1. The summed E-state index contributed by atoms with van der Waals surface area (Å²) in [7, 11) is 0. The normalized spacial score (nSPS) is 10.8. The molecule has 1 aromatic carbocycles. The van der Waals surface area contributed by atoms with Crippen molar-refractivity contribution in [2.45, 2.75) is 33.6 Å². The molecular weight excluding hydrogens is 264 g/mol. The molecule has 0 unspecified atom stereocenters. The molecule has 0 amide bonds. The molecule has 0 bridgehead atoms. The van der Waals surface area contributed by atoms with Crippen LogP contribution in [0.2, 0.25) is 0 Å². The number of ether oxygens (including phenoxy) is 1. The lowest BCUT2D eigenvalue weighted by Gasteiger charge is -2.13. The minimum Gasteiger partial charge on any atom is -0.425 e. The number of aryl methyl sites for hydroxylation is 1. The number of esters is 1. The van der Waals surface area contributed by atoms with Crippen LogP contribution in [0.25, 0.3) is 10.9 Å². The van der Waals surface area contributed by atoms with Crippen LogP contribution >= 0.6 is 0 Å². The first-order chi connectivity index (χ1) is 9.47. The van der Waals surface area contributed by atoms with Gasteiger partial charge in [0.25, 0.3) is 0 Å². The number of fused-ring (bicyclic) bond motifs is 1. The molecule has 0 aliphatic rings. The van der Waals surface area contributed by atoms with Crippen LogP contribution in [-0.2, 0) is 11.2 Å². The number of hydrogen-bond acceptors (Lipinski definition) is 3. The number of hydrogen-bond donors (Lipinski definition) is 0. The second-order valence-electron chi connectivity index (χ2n) is 4.48. The van der Waals surface area contributed by atoms with Crippen LogP contribution in [0, 0.1) is 18.6 Å². The zero-order valence-electron chi connectivity index (χ0n) is 11.6. The first-order valence-corrected chi connectivity index (χ1v) is 6.46. The monoisotopic (exact) mass is 279 g/mol. The van der Waals surface area contributed by atoms with Crippen LogP contribution < -0.4 is 4.74 Å². The molecule has 1 heterocycles. The van der Waals surface area contributed by atoms with E-state index in [9.17, 15) is 13.6 Å². The van der Waals surface area contributed by atoms with Gasteiger partial charge in [0.15, 0.2) is 11.6 Å². The molecule has 0 N–H and O–H groups in total. The number of halogens is 2. The van der Waals surface area contributed by atoms with E-state index in [2.05, 4.69) is 4.98 Å². The van der Waals surface area contributed by atoms with E-state index in [0.29, 0.717) is 23.1 Å². The summed E-state index contributed by atoms with van der Waals surface area (Å²) in [5.41, 5.74) is 1.65. The van der Waals surface area contributed by atoms with Crippen molar-refractivity contribution in [2.24, 2.45) is 0 Å². The minimum absolute atomic E-state index is 0.203. The third-order valence-corrected chi connectivity index (χ3v) is 3.15. The molecule has 0 aliphatic heterocycles. The van der Waals surface area contributed by atoms with Gasteiger partial charge >= 0.3 is 5.97 Å². The number of carbonyl (C=O) groups excluding carboxylic acids is 1. The van der Waals surface area contributed by atoms with E-state index in [1.54, 1.807) is 13.8 Å². The topological polar surface area (TPSA) is 39.2 Å². The van der Waals surface area contributed by atoms with E-state index in [4.69, 9.17) is 4.74 Å². The van der Waals surface area contributed by atoms with Crippen molar-refractivity contribution in [3.05, 3.63) is 35.0 Å². The summed E-state index contributed by atoms with van der Waals surface area (Å²) in [6.45, 7) is 5.32. The summed E-state index contributed by atoms with van der Waals surface area (Å²) in [4.78, 5) is 15.8. The quantitative estimate of drug-likeness (QED) is 0.804. The lowest BCUT2D eigenvalue weighted by atomic mass is 10.1. The van der Waals surface area contributed by atoms with Gasteiger partial charge in [0.1, 0.15) is 5.75 Å². The number of aromatic nitrogens is 1. The van der Waals surface area contributed by atoms with Crippen molar-refractivity contribution in [1.29, 1.82) is 0 Å². The minimum atomic E-state index is -0.989. The Kier molecular flexibility index (Phi) is 3.97. The maximum atomic E-state index is 13.4. The first kappa shape index (κ1) is 14.4. The van der Waals surface area contributed by atoms with Crippen molar-refractivity contribution in [3.63, 3.8) is 0 Å². The van der Waals surface area contributed by atoms with Gasteiger partial charge in [-0.25, -0.2) is 8.78 Å². The van der Waals surface area contributed by atoms with Crippen molar-refractivity contribution in [1.82, 2.24) is 4.98 Å². The van der Waals surface area contributed by atoms with Crippen LogP contribution in [0.15, 0.2) is 12.1 Å². The van der Waals surface area contributed by atoms with Gasteiger partial charge in [0.2, 0.25) is 0 Å². The Morgan fingerprint density at radius 1 is 1.25 bits per heavy atom. The van der Waals surface area contributed by atoms with E-state index in [-0.39, 0.29) is 17.7 Å². The summed E-state index contributed by atoms with van der Waals surface area (Å²) in [5, 5.41) is 0.306. The van der Waals surface area contributed by atoms with Crippen molar-refractivity contribution in [2.75, 3.05) is 0 Å². The Morgan fingerprint density at radius 3 is 2.50 bits per heavy atom. The third kappa shape index (κ3) is 2.48. The molecule has 0 spiro atoms. The van der Waals surface area contributed by atoms with Gasteiger partial charge in [-0.05, 0) is 19.4 Å². The molecule has 0 fully saturated rings. The molecular formula is C15H15F2NO2. The molecule has 106 valence electrons. The lowest BCUT2D eigenvalue weighted by Crippen LogP contribution is -2.09. The molecule has 0 saturated carbocycles. The maximum absolute atomic E-state index is 13.4. The maximum Gasteiger partial charge on any atom is 0.310 e. The van der Waals surface area contributed by atoms with Crippen molar-refractivity contribution in [3.8, 4) is 5.75 Å². The smallest absolute Gasteiger partial charge is 0.310 e. The molecule has 2 rings (SSSR count). The Balaban J connectivity index is 2.76. The molecule has 0 atom stereocenters. The molecule has 3 nitrogen and oxygen atoms in total. The van der Waals surface area contributed by atoms with Gasteiger partial charge in [0, 0.05) is 29.1 Å². The lowest BCUT2D eigenvalue weighted by molar-refractivity contribution is -0.133. The highest BCUT2D eigenvalue weighted by molar-refractivity contribution is 5.89. The molecule has 2 aromatic rings. The van der Waals surface area contributed by atoms with E-state index >= 15 is 0 Å². The Hall–Kier alpha value is -2.04. The van der Waals surface area contributed by atoms with Gasteiger partial charge in [-0.1, -0.05) is 13.8 Å². The number of carbonyl (C=O) groups is 1. The molecule has 1 aromatic heterocycles. The van der Waals surface area contributed by atoms with Crippen LogP contribution in [0.1, 0.15) is 31.5 Å². The standard InChI is InChI=1S/C15H15F2NO2/c1-4-12-8(3)15(20-14(19)5-2)9-6-10(16)11(17)7-13(9)18-12/h6-7H,4-5H2,1-3H3. The van der Waals surface area contributed by atoms with Gasteiger partial charge in [0.05, 0.1) is 5.52 Å². The Labute approximate surface area is 115 Å². The van der Waals surface area contributed by atoms with E-state index in [1.165, 1.54) is 0 Å². The largest absolute Gasteiger partial charge is 0.425 e. The highest BCUT2D eigenvalue weighted by atomic mass is 19.2. The highest BCUT2D eigenvalue weighted by Crippen LogP contribution is 2.32. The summed E-state index contributed by atoms with van der Waals surface area (Å²) in [5.74, 6) is -2.12. The predicted octanol–water partition coefficient (Wildman–Crippen LogP) is 3.70. The number of rotatable bonds is 3. The average molecular weight is 279 g/mol. The third-order valence-electron chi connectivity index (χ3n) is 3.15. The number of benzene rings is 1. The van der Waals surface area contributed by atoms with E-state index < -0.39 is 17.6 Å². The summed E-state index contributed by atoms with van der Waals surface area (Å²) in [6, 6.07) is 2.04. The fourth-order valence-corrected chi connectivity index (χ4v) is 2.03. The zero-order chi connectivity index (χ0) is 14.9. The molecule has 0 saturated heterocycles. The van der Waals surface area contributed by atoms with Gasteiger partial charge in [-0.15, -0.1) is 0 Å². The Bertz CT molecular complexity index is 683. The van der Waals surface area contributed by atoms with E-state index in [0.717, 1.165) is 12.1 Å².